The Hall–Kier alpha value is -2.77. The number of allylic oxidation sites excluding steroid dienone is 4. The minimum Gasteiger partial charge on any atom is -0.384 e. The van der Waals surface area contributed by atoms with Crippen LogP contribution in [0.25, 0.3) is 16.5 Å². The van der Waals surface area contributed by atoms with Crippen molar-refractivity contribution in [1.29, 1.82) is 5.26 Å². The quantitative estimate of drug-likeness (QED) is 0.322. The summed E-state index contributed by atoms with van der Waals surface area (Å²) in [5, 5.41) is 18.4. The van der Waals surface area contributed by atoms with Gasteiger partial charge in [-0.25, -0.2) is 0 Å². The summed E-state index contributed by atoms with van der Waals surface area (Å²) in [6.45, 7) is 16.0. The first kappa shape index (κ1) is 23.4. The van der Waals surface area contributed by atoms with Crippen LogP contribution in [0.5, 0.6) is 0 Å². The summed E-state index contributed by atoms with van der Waals surface area (Å²) in [5.74, 6) is 1.66. The molecule has 1 aliphatic heterocycles. The van der Waals surface area contributed by atoms with Crippen LogP contribution in [-0.2, 0) is 0 Å². The highest BCUT2D eigenvalue weighted by molar-refractivity contribution is 5.94. The van der Waals surface area contributed by atoms with Crippen LogP contribution >= 0.6 is 0 Å². The van der Waals surface area contributed by atoms with Crippen LogP contribution < -0.4 is 10.6 Å². The first-order valence-corrected chi connectivity index (χ1v) is 12.5. The van der Waals surface area contributed by atoms with Gasteiger partial charge in [-0.2, -0.15) is 5.26 Å². The molecule has 2 fully saturated rings. The second kappa shape index (κ2) is 10.0. The van der Waals surface area contributed by atoms with Crippen molar-refractivity contribution in [1.82, 2.24) is 15.6 Å². The maximum atomic E-state index is 10.2. The lowest BCUT2D eigenvalue weighted by Gasteiger charge is -2.23. The van der Waals surface area contributed by atoms with Gasteiger partial charge < -0.3 is 15.6 Å². The molecule has 0 bridgehead atoms. The maximum absolute atomic E-state index is 10.2. The third kappa shape index (κ3) is 5.25. The van der Waals surface area contributed by atoms with Crippen molar-refractivity contribution in [3.8, 4) is 6.07 Å². The van der Waals surface area contributed by atoms with Crippen molar-refractivity contribution in [2.75, 3.05) is 19.6 Å². The second-order valence-corrected chi connectivity index (χ2v) is 10.3. The van der Waals surface area contributed by atoms with Gasteiger partial charge in [-0.15, -0.1) is 0 Å². The van der Waals surface area contributed by atoms with E-state index in [1.54, 1.807) is 0 Å². The number of nitrogens with one attached hydrogen (secondary N) is 3. The van der Waals surface area contributed by atoms with E-state index in [9.17, 15) is 5.26 Å². The van der Waals surface area contributed by atoms with Crippen molar-refractivity contribution < 1.29 is 0 Å². The summed E-state index contributed by atoms with van der Waals surface area (Å²) in [6.07, 6.45) is 7.05. The molecule has 2 aromatic rings. The minimum atomic E-state index is 0.324. The van der Waals surface area contributed by atoms with Crippen LogP contribution in [-0.4, -0.2) is 24.6 Å². The highest BCUT2D eigenvalue weighted by atomic mass is 14.9. The lowest BCUT2D eigenvalue weighted by molar-refractivity contribution is 0.460. The van der Waals surface area contributed by atoms with E-state index in [-0.39, 0.29) is 0 Å². The van der Waals surface area contributed by atoms with Crippen molar-refractivity contribution in [2.24, 2.45) is 5.92 Å². The third-order valence-electron chi connectivity index (χ3n) is 6.94. The number of nitriles is 1. The monoisotopic (exact) mass is 442 g/mol. The fraction of sp³-hybridized carbons (Fsp3) is 0.483. The Morgan fingerprint density at radius 1 is 1.21 bits per heavy atom. The van der Waals surface area contributed by atoms with Crippen molar-refractivity contribution >= 4 is 16.5 Å². The van der Waals surface area contributed by atoms with Crippen molar-refractivity contribution in [2.45, 2.75) is 65.2 Å². The van der Waals surface area contributed by atoms with Gasteiger partial charge in [0.1, 0.15) is 6.07 Å². The van der Waals surface area contributed by atoms with E-state index in [1.165, 1.54) is 42.2 Å². The number of aromatic nitrogens is 1. The Kier molecular flexibility index (Phi) is 7.10. The number of benzene rings is 1. The molecule has 1 saturated carbocycles. The number of hydrogen-bond acceptors (Lipinski definition) is 3. The fourth-order valence-electron chi connectivity index (χ4n) is 4.98. The largest absolute Gasteiger partial charge is 0.384 e. The SMILES string of the molecule is C=C(NCC1CC1)/C(C#N)=C(\C=C(C)C)c1[nH]c2ccc(C3CCNCC3)cc2c1C(C)C. The first-order valence-electron chi connectivity index (χ1n) is 12.5. The molecule has 1 aliphatic carbocycles. The predicted molar refractivity (Wildman–Crippen MR) is 139 cm³/mol. The number of hydrogen-bond donors (Lipinski definition) is 3. The smallest absolute Gasteiger partial charge is 0.102 e. The molecule has 1 aromatic heterocycles. The normalized spacial score (nSPS) is 17.6. The van der Waals surface area contributed by atoms with Crippen molar-refractivity contribution in [3.05, 3.63) is 64.5 Å². The predicted octanol–water partition coefficient (Wildman–Crippen LogP) is 6.51. The lowest BCUT2D eigenvalue weighted by atomic mass is 9.87. The van der Waals surface area contributed by atoms with Crippen LogP contribution in [0.15, 0.2) is 47.7 Å². The Morgan fingerprint density at radius 2 is 1.94 bits per heavy atom. The Bertz CT molecular complexity index is 1120. The van der Waals surface area contributed by atoms with Gasteiger partial charge in [0.2, 0.25) is 0 Å². The highest BCUT2D eigenvalue weighted by Crippen LogP contribution is 2.38. The molecule has 2 heterocycles. The van der Waals surface area contributed by atoms with Crippen LogP contribution in [0.4, 0.5) is 0 Å². The zero-order valence-electron chi connectivity index (χ0n) is 20.6. The number of aromatic amines is 1. The average molecular weight is 443 g/mol. The van der Waals surface area contributed by atoms with Gasteiger partial charge in [0.25, 0.3) is 0 Å². The summed E-state index contributed by atoms with van der Waals surface area (Å²) in [6, 6.07) is 9.38. The number of fused-ring (bicyclic) bond motifs is 1. The average Bonchev–Trinajstić information content (AvgIpc) is 3.55. The molecule has 4 nitrogen and oxygen atoms in total. The van der Waals surface area contributed by atoms with E-state index in [0.29, 0.717) is 17.4 Å². The molecule has 4 rings (SSSR count). The summed E-state index contributed by atoms with van der Waals surface area (Å²) >= 11 is 0. The van der Waals surface area contributed by atoms with Gasteiger partial charge in [0.15, 0.2) is 0 Å². The van der Waals surface area contributed by atoms with E-state index >= 15 is 0 Å². The molecular formula is C29H38N4. The zero-order chi connectivity index (χ0) is 23.5. The Balaban J connectivity index is 1.84. The first-order chi connectivity index (χ1) is 15.9. The van der Waals surface area contributed by atoms with Gasteiger partial charge >= 0.3 is 0 Å². The summed E-state index contributed by atoms with van der Waals surface area (Å²) in [5.41, 5.74) is 8.36. The molecule has 3 N–H and O–H groups in total. The highest BCUT2D eigenvalue weighted by Gasteiger charge is 2.24. The lowest BCUT2D eigenvalue weighted by Crippen LogP contribution is -2.26. The molecule has 33 heavy (non-hydrogen) atoms. The molecule has 0 spiro atoms. The summed E-state index contributed by atoms with van der Waals surface area (Å²) in [4.78, 5) is 3.69. The number of piperidine rings is 1. The molecule has 0 radical (unpaired) electrons. The topological polar surface area (TPSA) is 63.6 Å². The second-order valence-electron chi connectivity index (χ2n) is 10.3. The molecule has 1 saturated heterocycles. The van der Waals surface area contributed by atoms with E-state index in [4.69, 9.17) is 0 Å². The molecule has 0 unspecified atom stereocenters. The molecule has 4 heteroatoms. The molecule has 1 aromatic carbocycles. The van der Waals surface area contributed by atoms with Gasteiger partial charge in [0.05, 0.1) is 11.3 Å². The Labute approximate surface area is 198 Å². The van der Waals surface area contributed by atoms with E-state index in [1.807, 2.05) is 0 Å². The van der Waals surface area contributed by atoms with Gasteiger partial charge in [0, 0.05) is 28.7 Å². The molecule has 174 valence electrons. The minimum absolute atomic E-state index is 0.324. The van der Waals surface area contributed by atoms with Crippen molar-refractivity contribution in [3.63, 3.8) is 0 Å². The molecule has 0 amide bonds. The van der Waals surface area contributed by atoms with Crippen LogP contribution in [0.2, 0.25) is 0 Å². The number of rotatable bonds is 8. The summed E-state index contributed by atoms with van der Waals surface area (Å²) in [7, 11) is 0. The molecule has 0 atom stereocenters. The van der Waals surface area contributed by atoms with Gasteiger partial charge in [-0.1, -0.05) is 38.1 Å². The van der Waals surface area contributed by atoms with Crippen LogP contribution in [0, 0.1) is 17.2 Å². The fourth-order valence-corrected chi connectivity index (χ4v) is 4.98. The van der Waals surface area contributed by atoms with E-state index in [0.717, 1.165) is 53.6 Å². The number of H-pyrrole nitrogens is 1. The zero-order valence-corrected chi connectivity index (χ0v) is 20.6. The standard InChI is InChI=1S/C29H38N4/c1-18(2)14-24(26(16-30)20(5)32-17-21-6-7-21)29-28(19(3)4)25-15-23(8-9-27(25)33-29)22-10-12-31-13-11-22/h8-9,14-15,19,21-22,31-33H,5-7,10-13,17H2,1-4H3/b26-24+. The van der Waals surface area contributed by atoms with E-state index < -0.39 is 0 Å². The van der Waals surface area contributed by atoms with Crippen LogP contribution in [0.1, 0.15) is 82.0 Å². The van der Waals surface area contributed by atoms with Gasteiger partial charge in [-0.05, 0) is 93.6 Å². The Morgan fingerprint density at radius 3 is 2.55 bits per heavy atom. The van der Waals surface area contributed by atoms with Gasteiger partial charge in [-0.3, -0.25) is 0 Å². The van der Waals surface area contributed by atoms with Crippen LogP contribution in [0.3, 0.4) is 0 Å². The molecule has 2 aliphatic rings. The summed E-state index contributed by atoms with van der Waals surface area (Å²) < 4.78 is 0. The third-order valence-corrected chi connectivity index (χ3v) is 6.94. The number of nitrogens with zero attached hydrogens (tertiary/aromatic N) is 1. The maximum Gasteiger partial charge on any atom is 0.102 e. The van der Waals surface area contributed by atoms with E-state index in [2.05, 4.69) is 80.2 Å². The molecular weight excluding hydrogens is 404 g/mol.